The molecule has 0 spiro atoms. The molecule has 1 aromatic heterocycles. The second-order valence-corrected chi connectivity index (χ2v) is 5.02. The summed E-state index contributed by atoms with van der Waals surface area (Å²) in [4.78, 5) is 16.0. The number of hydrogen-bond donors (Lipinski definition) is 1. The van der Waals surface area contributed by atoms with Crippen LogP contribution >= 0.6 is 27.5 Å². The molecule has 1 amide bonds. The zero-order valence-corrected chi connectivity index (χ0v) is 11.9. The number of amides is 1. The molecule has 0 saturated heterocycles. The van der Waals surface area contributed by atoms with E-state index in [1.54, 1.807) is 24.3 Å². The first kappa shape index (κ1) is 13.1. The Morgan fingerprint density at radius 3 is 2.78 bits per heavy atom. The molecule has 0 saturated carbocycles. The summed E-state index contributed by atoms with van der Waals surface area (Å²) in [6, 6.07) is 10.6. The maximum absolute atomic E-state index is 12.0. The minimum absolute atomic E-state index is 0.225. The average Bonchev–Trinajstić information content (AvgIpc) is 2.28. The van der Waals surface area contributed by atoms with Crippen molar-refractivity contribution in [1.29, 1.82) is 0 Å². The van der Waals surface area contributed by atoms with Crippen LogP contribution in [-0.4, -0.2) is 10.9 Å². The number of hydrogen-bond acceptors (Lipinski definition) is 2. The third-order valence-electron chi connectivity index (χ3n) is 2.33. The van der Waals surface area contributed by atoms with Crippen molar-refractivity contribution in [3.05, 3.63) is 57.2 Å². The quantitative estimate of drug-likeness (QED) is 0.846. The normalized spacial score (nSPS) is 10.2. The number of carbonyl (C=O) groups is 1. The number of anilines is 1. The lowest BCUT2D eigenvalue weighted by atomic mass is 10.1. The van der Waals surface area contributed by atoms with E-state index in [0.29, 0.717) is 16.5 Å². The fraction of sp³-hybridized carbons (Fsp3) is 0.0769. The van der Waals surface area contributed by atoms with Gasteiger partial charge in [-0.15, -0.1) is 0 Å². The van der Waals surface area contributed by atoms with E-state index in [0.717, 1.165) is 10.0 Å². The summed E-state index contributed by atoms with van der Waals surface area (Å²) in [5.41, 5.74) is 1.64. The molecule has 1 aromatic carbocycles. The lowest BCUT2D eigenvalue weighted by Gasteiger charge is -2.07. The molecular formula is C13H10BrClN2O. The third kappa shape index (κ3) is 3.09. The van der Waals surface area contributed by atoms with Crippen molar-refractivity contribution in [2.75, 3.05) is 5.32 Å². The Hall–Kier alpha value is -1.39. The predicted octanol–water partition coefficient (Wildman–Crippen LogP) is 4.06. The van der Waals surface area contributed by atoms with Crippen LogP contribution in [0.15, 0.2) is 40.9 Å². The molecule has 0 radical (unpaired) electrons. The van der Waals surface area contributed by atoms with Crippen LogP contribution in [0.3, 0.4) is 0 Å². The third-order valence-corrected chi connectivity index (χ3v) is 3.19. The van der Waals surface area contributed by atoms with E-state index in [-0.39, 0.29) is 5.91 Å². The number of benzene rings is 1. The van der Waals surface area contributed by atoms with E-state index in [2.05, 4.69) is 26.2 Å². The number of aromatic nitrogens is 1. The maximum Gasteiger partial charge on any atom is 0.257 e. The number of rotatable bonds is 2. The lowest BCUT2D eigenvalue weighted by molar-refractivity contribution is 0.102. The lowest BCUT2D eigenvalue weighted by Crippen LogP contribution is -2.13. The molecule has 0 bridgehead atoms. The minimum Gasteiger partial charge on any atom is -0.306 e. The van der Waals surface area contributed by atoms with Crippen LogP contribution in [0.4, 0.5) is 5.82 Å². The molecule has 0 aliphatic heterocycles. The Kier molecular flexibility index (Phi) is 3.99. The van der Waals surface area contributed by atoms with E-state index in [4.69, 9.17) is 11.6 Å². The van der Waals surface area contributed by atoms with Gasteiger partial charge in [-0.1, -0.05) is 23.7 Å². The molecule has 2 aromatic rings. The number of nitrogens with one attached hydrogen (secondary N) is 1. The van der Waals surface area contributed by atoms with Crippen LogP contribution in [0.25, 0.3) is 0 Å². The minimum atomic E-state index is -0.225. The molecule has 0 fully saturated rings. The molecule has 18 heavy (non-hydrogen) atoms. The van der Waals surface area contributed by atoms with Gasteiger partial charge in [-0.3, -0.25) is 4.79 Å². The molecule has 1 heterocycles. The van der Waals surface area contributed by atoms with Gasteiger partial charge in [0.05, 0.1) is 5.56 Å². The Labute approximate surface area is 118 Å². The highest BCUT2D eigenvalue weighted by atomic mass is 79.9. The largest absolute Gasteiger partial charge is 0.306 e. The van der Waals surface area contributed by atoms with Crippen LogP contribution in [0, 0.1) is 6.92 Å². The highest BCUT2D eigenvalue weighted by molar-refractivity contribution is 9.10. The summed E-state index contributed by atoms with van der Waals surface area (Å²) in [5.74, 6) is 0.205. The molecule has 0 aliphatic carbocycles. The van der Waals surface area contributed by atoms with Gasteiger partial charge < -0.3 is 5.32 Å². The average molecular weight is 326 g/mol. The van der Waals surface area contributed by atoms with Gasteiger partial charge in [-0.2, -0.15) is 0 Å². The van der Waals surface area contributed by atoms with Gasteiger partial charge in [-0.25, -0.2) is 4.98 Å². The molecule has 92 valence electrons. The van der Waals surface area contributed by atoms with Crippen LogP contribution in [0.5, 0.6) is 0 Å². The van der Waals surface area contributed by atoms with Crippen LogP contribution < -0.4 is 5.32 Å². The van der Waals surface area contributed by atoms with Crippen molar-refractivity contribution < 1.29 is 4.79 Å². The van der Waals surface area contributed by atoms with Crippen molar-refractivity contribution in [1.82, 2.24) is 4.98 Å². The summed E-state index contributed by atoms with van der Waals surface area (Å²) < 4.78 is 0.752. The monoisotopic (exact) mass is 324 g/mol. The van der Waals surface area contributed by atoms with E-state index in [1.807, 2.05) is 19.1 Å². The summed E-state index contributed by atoms with van der Waals surface area (Å²) >= 11 is 9.12. The molecule has 5 heteroatoms. The van der Waals surface area contributed by atoms with E-state index in [9.17, 15) is 4.79 Å². The Morgan fingerprint density at radius 2 is 2.11 bits per heavy atom. The molecule has 0 aliphatic rings. The van der Waals surface area contributed by atoms with E-state index >= 15 is 0 Å². The Balaban J connectivity index is 2.22. The van der Waals surface area contributed by atoms with Crippen molar-refractivity contribution in [2.45, 2.75) is 6.92 Å². The fourth-order valence-electron chi connectivity index (χ4n) is 1.47. The highest BCUT2D eigenvalue weighted by Crippen LogP contribution is 2.19. The molecular weight excluding hydrogens is 316 g/mol. The first-order valence-electron chi connectivity index (χ1n) is 5.26. The molecule has 2 rings (SSSR count). The van der Waals surface area contributed by atoms with Crippen molar-refractivity contribution in [3.63, 3.8) is 0 Å². The summed E-state index contributed by atoms with van der Waals surface area (Å²) in [6.45, 7) is 1.96. The topological polar surface area (TPSA) is 42.0 Å². The number of carbonyl (C=O) groups excluding carboxylic acids is 1. The van der Waals surface area contributed by atoms with Gasteiger partial charge in [0.2, 0.25) is 0 Å². The van der Waals surface area contributed by atoms with Crippen molar-refractivity contribution >= 4 is 39.3 Å². The summed E-state index contributed by atoms with van der Waals surface area (Å²) in [7, 11) is 0. The van der Waals surface area contributed by atoms with Gasteiger partial charge in [0.1, 0.15) is 11.0 Å². The van der Waals surface area contributed by atoms with Crippen LogP contribution in [0.2, 0.25) is 5.15 Å². The molecule has 0 atom stereocenters. The highest BCUT2D eigenvalue weighted by Gasteiger charge is 2.10. The van der Waals surface area contributed by atoms with E-state index < -0.39 is 0 Å². The van der Waals surface area contributed by atoms with Gasteiger partial charge >= 0.3 is 0 Å². The number of pyridine rings is 1. The number of aryl methyl sites for hydroxylation is 1. The summed E-state index contributed by atoms with van der Waals surface area (Å²) in [5, 5.41) is 3.04. The summed E-state index contributed by atoms with van der Waals surface area (Å²) in [6.07, 6.45) is 0. The van der Waals surface area contributed by atoms with Crippen molar-refractivity contribution in [2.24, 2.45) is 0 Å². The zero-order valence-electron chi connectivity index (χ0n) is 9.58. The second kappa shape index (κ2) is 5.50. The Morgan fingerprint density at radius 1 is 1.33 bits per heavy atom. The SMILES string of the molecule is Cc1ccc(C(=O)Nc2cccc(Cl)n2)c(Br)c1. The number of halogens is 2. The second-order valence-electron chi connectivity index (χ2n) is 3.78. The van der Waals surface area contributed by atoms with Gasteiger partial charge in [0.15, 0.2) is 0 Å². The maximum atomic E-state index is 12.0. The standard InChI is InChI=1S/C13H10BrClN2O/c1-8-5-6-9(10(14)7-8)13(18)17-12-4-2-3-11(15)16-12/h2-7H,1H3,(H,16,17,18). The molecule has 0 unspecified atom stereocenters. The van der Waals surface area contributed by atoms with Gasteiger partial charge in [-0.05, 0) is 52.7 Å². The first-order chi connectivity index (χ1) is 8.56. The first-order valence-corrected chi connectivity index (χ1v) is 6.43. The zero-order chi connectivity index (χ0) is 13.1. The van der Waals surface area contributed by atoms with Crippen LogP contribution in [0.1, 0.15) is 15.9 Å². The fourth-order valence-corrected chi connectivity index (χ4v) is 2.30. The van der Waals surface area contributed by atoms with Gasteiger partial charge in [0, 0.05) is 4.47 Å². The van der Waals surface area contributed by atoms with Crippen molar-refractivity contribution in [3.8, 4) is 0 Å². The van der Waals surface area contributed by atoms with E-state index in [1.165, 1.54) is 0 Å². The smallest absolute Gasteiger partial charge is 0.257 e. The molecule has 3 nitrogen and oxygen atoms in total. The van der Waals surface area contributed by atoms with Crippen LogP contribution in [-0.2, 0) is 0 Å². The molecule has 1 N–H and O–H groups in total. The number of nitrogens with zero attached hydrogens (tertiary/aromatic N) is 1. The Bertz CT molecular complexity index is 601. The van der Waals surface area contributed by atoms with Gasteiger partial charge in [0.25, 0.3) is 5.91 Å². The predicted molar refractivity (Wildman–Crippen MR) is 76.1 cm³/mol.